The SMILES string of the molecule is CC1CN(c2cc3c(cc2F)C(=O)N([C@H]2CCC(=O)NC2=O)C3)CC(C)N1C(C)(C)C. The predicted octanol–water partition coefficient (Wildman–Crippen LogP) is 2.28. The number of piperazine rings is 1. The van der Waals surface area contributed by atoms with Crippen molar-refractivity contribution in [2.45, 2.75) is 77.7 Å². The highest BCUT2D eigenvalue weighted by Crippen LogP contribution is 2.35. The van der Waals surface area contributed by atoms with E-state index in [2.05, 4.69) is 49.7 Å². The average Bonchev–Trinajstić information content (AvgIpc) is 2.95. The zero-order valence-electron chi connectivity index (χ0n) is 18.9. The van der Waals surface area contributed by atoms with Crippen LogP contribution in [0.1, 0.15) is 63.4 Å². The van der Waals surface area contributed by atoms with Crippen LogP contribution in [0.25, 0.3) is 0 Å². The second-order valence-corrected chi connectivity index (χ2v) is 10.0. The van der Waals surface area contributed by atoms with Gasteiger partial charge in [-0.05, 0) is 58.7 Å². The van der Waals surface area contributed by atoms with E-state index in [1.807, 2.05) is 0 Å². The number of anilines is 1. The Morgan fingerprint density at radius 1 is 1.06 bits per heavy atom. The Labute approximate surface area is 182 Å². The summed E-state index contributed by atoms with van der Waals surface area (Å²) in [6.45, 7) is 12.5. The monoisotopic (exact) mass is 430 g/mol. The number of halogens is 1. The van der Waals surface area contributed by atoms with Crippen molar-refractivity contribution in [1.29, 1.82) is 0 Å². The molecule has 0 saturated carbocycles. The molecular weight excluding hydrogens is 399 g/mol. The fraction of sp³-hybridized carbons (Fsp3) is 0.609. The van der Waals surface area contributed by atoms with Crippen LogP contribution in [0.2, 0.25) is 0 Å². The summed E-state index contributed by atoms with van der Waals surface area (Å²) >= 11 is 0. The Bertz CT molecular complexity index is 929. The van der Waals surface area contributed by atoms with E-state index in [4.69, 9.17) is 0 Å². The summed E-state index contributed by atoms with van der Waals surface area (Å²) in [6.07, 6.45) is 0.494. The van der Waals surface area contributed by atoms with Crippen molar-refractivity contribution in [3.05, 3.63) is 29.1 Å². The van der Waals surface area contributed by atoms with Crippen LogP contribution in [0.3, 0.4) is 0 Å². The first-order valence-electron chi connectivity index (χ1n) is 11.0. The molecule has 4 rings (SSSR count). The fourth-order valence-electron chi connectivity index (χ4n) is 5.66. The molecule has 0 radical (unpaired) electrons. The first kappa shape index (κ1) is 21.7. The Hall–Kier alpha value is -2.48. The highest BCUT2D eigenvalue weighted by Gasteiger charge is 2.41. The number of imide groups is 1. The summed E-state index contributed by atoms with van der Waals surface area (Å²) in [7, 11) is 0. The van der Waals surface area contributed by atoms with E-state index in [1.165, 1.54) is 11.0 Å². The number of carbonyl (C=O) groups is 3. The minimum Gasteiger partial charge on any atom is -0.366 e. The molecule has 1 aromatic carbocycles. The van der Waals surface area contributed by atoms with Crippen molar-refractivity contribution in [1.82, 2.24) is 15.1 Å². The Morgan fingerprint density at radius 2 is 1.71 bits per heavy atom. The summed E-state index contributed by atoms with van der Waals surface area (Å²) in [5.74, 6) is -1.55. The van der Waals surface area contributed by atoms with Crippen LogP contribution in [-0.2, 0) is 16.1 Å². The van der Waals surface area contributed by atoms with Crippen LogP contribution in [0.5, 0.6) is 0 Å². The normalized spacial score (nSPS) is 27.5. The largest absolute Gasteiger partial charge is 0.366 e. The number of nitrogens with one attached hydrogen (secondary N) is 1. The standard InChI is InChI=1S/C23H31FN4O3/c1-13-10-26(11-14(2)28(13)23(3,4)5)19-8-15-12-27(22(31)16(15)9-17(19)24)18-6-7-20(29)25-21(18)30/h8-9,13-14,18H,6-7,10-12H2,1-5H3,(H,25,29,30)/t13?,14?,18-/m0/s1. The maximum Gasteiger partial charge on any atom is 0.255 e. The molecule has 0 aliphatic carbocycles. The van der Waals surface area contributed by atoms with Gasteiger partial charge in [0.1, 0.15) is 11.9 Å². The van der Waals surface area contributed by atoms with Gasteiger partial charge >= 0.3 is 0 Å². The molecule has 1 aromatic rings. The van der Waals surface area contributed by atoms with Crippen LogP contribution < -0.4 is 10.2 Å². The molecule has 3 amide bonds. The smallest absolute Gasteiger partial charge is 0.255 e. The molecule has 3 aliphatic heterocycles. The van der Waals surface area contributed by atoms with Crippen LogP contribution in [0.4, 0.5) is 10.1 Å². The van der Waals surface area contributed by atoms with Gasteiger partial charge in [-0.25, -0.2) is 4.39 Å². The molecule has 8 heteroatoms. The molecule has 7 nitrogen and oxygen atoms in total. The van der Waals surface area contributed by atoms with Gasteiger partial charge in [0.05, 0.1) is 5.69 Å². The molecule has 3 atom stereocenters. The van der Waals surface area contributed by atoms with Crippen molar-refractivity contribution in [2.24, 2.45) is 0 Å². The van der Waals surface area contributed by atoms with Crippen molar-refractivity contribution in [3.8, 4) is 0 Å². The number of rotatable bonds is 2. The van der Waals surface area contributed by atoms with Gasteiger partial charge in [-0.3, -0.25) is 24.6 Å². The third kappa shape index (κ3) is 3.82. The topological polar surface area (TPSA) is 73.0 Å². The average molecular weight is 431 g/mol. The minimum atomic E-state index is -0.695. The van der Waals surface area contributed by atoms with Gasteiger partial charge < -0.3 is 9.80 Å². The summed E-state index contributed by atoms with van der Waals surface area (Å²) in [5, 5.41) is 2.30. The number of fused-ring (bicyclic) bond motifs is 1. The Kier molecular flexibility index (Phi) is 5.32. The number of piperidine rings is 1. The Morgan fingerprint density at radius 3 is 2.29 bits per heavy atom. The van der Waals surface area contributed by atoms with Crippen LogP contribution >= 0.6 is 0 Å². The Balaban J connectivity index is 1.58. The molecule has 2 saturated heterocycles. The molecule has 2 fully saturated rings. The number of hydrogen-bond acceptors (Lipinski definition) is 5. The summed E-state index contributed by atoms with van der Waals surface area (Å²) in [5.41, 5.74) is 1.56. The summed E-state index contributed by atoms with van der Waals surface area (Å²) in [6, 6.07) is 2.88. The number of hydrogen-bond donors (Lipinski definition) is 1. The molecule has 2 unspecified atom stereocenters. The minimum absolute atomic E-state index is 0.0241. The number of nitrogens with zero attached hydrogens (tertiary/aromatic N) is 3. The maximum absolute atomic E-state index is 15.1. The lowest BCUT2D eigenvalue weighted by molar-refractivity contribution is -0.136. The van der Waals surface area contributed by atoms with Crippen molar-refractivity contribution >= 4 is 23.4 Å². The van der Waals surface area contributed by atoms with E-state index in [0.29, 0.717) is 30.8 Å². The van der Waals surface area contributed by atoms with Gasteiger partial charge in [0, 0.05) is 49.2 Å². The van der Waals surface area contributed by atoms with Crippen molar-refractivity contribution in [3.63, 3.8) is 0 Å². The maximum atomic E-state index is 15.1. The second kappa shape index (κ2) is 7.58. The van der Waals surface area contributed by atoms with Crippen LogP contribution in [0.15, 0.2) is 12.1 Å². The first-order chi connectivity index (χ1) is 14.5. The predicted molar refractivity (Wildman–Crippen MR) is 115 cm³/mol. The lowest BCUT2D eigenvalue weighted by Gasteiger charge is -2.51. The van der Waals surface area contributed by atoms with E-state index in [-0.39, 0.29) is 42.4 Å². The molecule has 31 heavy (non-hydrogen) atoms. The fourth-order valence-corrected chi connectivity index (χ4v) is 5.66. The highest BCUT2D eigenvalue weighted by atomic mass is 19.1. The van der Waals surface area contributed by atoms with Gasteiger partial charge in [0.2, 0.25) is 11.8 Å². The second-order valence-electron chi connectivity index (χ2n) is 10.0. The van der Waals surface area contributed by atoms with Gasteiger partial charge in [0.15, 0.2) is 0 Å². The quantitative estimate of drug-likeness (QED) is 0.729. The van der Waals surface area contributed by atoms with Crippen LogP contribution in [0, 0.1) is 5.82 Å². The third-order valence-electron chi connectivity index (χ3n) is 6.63. The molecule has 3 aliphatic rings. The van der Waals surface area contributed by atoms with E-state index in [0.717, 1.165) is 5.56 Å². The third-order valence-corrected chi connectivity index (χ3v) is 6.63. The van der Waals surface area contributed by atoms with E-state index < -0.39 is 17.8 Å². The summed E-state index contributed by atoms with van der Waals surface area (Å²) < 4.78 is 15.1. The zero-order chi connectivity index (χ0) is 22.7. The molecule has 0 aromatic heterocycles. The van der Waals surface area contributed by atoms with Gasteiger partial charge in [-0.15, -0.1) is 0 Å². The number of benzene rings is 1. The number of carbonyl (C=O) groups excluding carboxylic acids is 3. The molecule has 1 N–H and O–H groups in total. The van der Waals surface area contributed by atoms with Gasteiger partial charge in [0.25, 0.3) is 5.91 Å². The molecular formula is C23H31FN4O3. The lowest BCUT2D eigenvalue weighted by atomic mass is 9.96. The summed E-state index contributed by atoms with van der Waals surface area (Å²) in [4.78, 5) is 42.6. The van der Waals surface area contributed by atoms with Gasteiger partial charge in [-0.1, -0.05) is 0 Å². The molecule has 0 bridgehead atoms. The van der Waals surface area contributed by atoms with E-state index in [1.54, 1.807) is 6.07 Å². The van der Waals surface area contributed by atoms with Crippen molar-refractivity contribution < 1.29 is 18.8 Å². The number of amides is 3. The lowest BCUT2D eigenvalue weighted by Crippen LogP contribution is -2.62. The highest BCUT2D eigenvalue weighted by molar-refractivity contribution is 6.05. The first-order valence-corrected chi connectivity index (χ1v) is 11.0. The van der Waals surface area contributed by atoms with Crippen LogP contribution in [-0.4, -0.2) is 64.3 Å². The van der Waals surface area contributed by atoms with E-state index in [9.17, 15) is 14.4 Å². The van der Waals surface area contributed by atoms with E-state index >= 15 is 4.39 Å². The van der Waals surface area contributed by atoms with Gasteiger partial charge in [-0.2, -0.15) is 0 Å². The van der Waals surface area contributed by atoms with Crippen molar-refractivity contribution in [2.75, 3.05) is 18.0 Å². The molecule has 0 spiro atoms. The molecule has 3 heterocycles. The zero-order valence-corrected chi connectivity index (χ0v) is 18.9. The molecule has 168 valence electrons.